The maximum Gasteiger partial charge on any atom is 0.235 e. The number of nitrogens with zero attached hydrogens (tertiary/aromatic N) is 2. The lowest BCUT2D eigenvalue weighted by atomic mass is 10.2. The Hall–Kier alpha value is -2.38. The molecule has 4 rings (SSSR count). The van der Waals surface area contributed by atoms with E-state index in [1.165, 1.54) is 0 Å². The molecule has 3 aromatic rings. The van der Waals surface area contributed by atoms with Crippen LogP contribution in [0.4, 0.5) is 17.2 Å². The van der Waals surface area contributed by atoms with Crippen molar-refractivity contribution in [2.75, 3.05) is 10.0 Å². The first-order chi connectivity index (χ1) is 12.0. The minimum Gasteiger partial charge on any atom is -0.340 e. The molecule has 25 heavy (non-hydrogen) atoms. The van der Waals surface area contributed by atoms with Crippen LogP contribution in [0.2, 0.25) is 5.28 Å². The van der Waals surface area contributed by atoms with Gasteiger partial charge in [0.15, 0.2) is 0 Å². The molecule has 0 saturated heterocycles. The van der Waals surface area contributed by atoms with Gasteiger partial charge < -0.3 is 5.32 Å². The van der Waals surface area contributed by atoms with Gasteiger partial charge in [0.1, 0.15) is 5.82 Å². The Morgan fingerprint density at radius 3 is 2.56 bits per heavy atom. The van der Waals surface area contributed by atoms with Crippen molar-refractivity contribution in [2.24, 2.45) is 0 Å². The summed E-state index contributed by atoms with van der Waals surface area (Å²) in [6.07, 6.45) is 1.44. The fourth-order valence-electron chi connectivity index (χ4n) is 2.57. The zero-order valence-electron chi connectivity index (χ0n) is 13.1. The van der Waals surface area contributed by atoms with Crippen molar-refractivity contribution in [1.82, 2.24) is 9.97 Å². The van der Waals surface area contributed by atoms with Gasteiger partial charge in [-0.15, -0.1) is 0 Å². The summed E-state index contributed by atoms with van der Waals surface area (Å²) < 4.78 is 26.8. The molecule has 0 amide bonds. The standard InChI is InChI=1S/C17H15ClN4O2S/c18-17-20-15-7-2-1-6-14(15)16(21-17)19-11-4-3-5-12(10-11)22-25(23,24)13-8-9-13/h1-7,10,13,22H,8-9H2,(H,19,20,21). The van der Waals surface area contributed by atoms with Gasteiger partial charge in [-0.1, -0.05) is 18.2 Å². The smallest absolute Gasteiger partial charge is 0.235 e. The molecular weight excluding hydrogens is 360 g/mol. The highest BCUT2D eigenvalue weighted by molar-refractivity contribution is 7.93. The molecule has 128 valence electrons. The van der Waals surface area contributed by atoms with Crippen molar-refractivity contribution < 1.29 is 8.42 Å². The fraction of sp³-hybridized carbons (Fsp3) is 0.176. The molecule has 2 aromatic carbocycles. The number of para-hydroxylation sites is 1. The van der Waals surface area contributed by atoms with Crippen molar-refractivity contribution in [2.45, 2.75) is 18.1 Å². The van der Waals surface area contributed by atoms with Crippen LogP contribution in [0.5, 0.6) is 0 Å². The van der Waals surface area contributed by atoms with Crippen LogP contribution in [-0.2, 0) is 10.0 Å². The Labute approximate surface area is 150 Å². The van der Waals surface area contributed by atoms with Gasteiger partial charge in [0.25, 0.3) is 0 Å². The van der Waals surface area contributed by atoms with Crippen molar-refractivity contribution in [3.8, 4) is 0 Å². The van der Waals surface area contributed by atoms with Gasteiger partial charge in [-0.05, 0) is 54.8 Å². The summed E-state index contributed by atoms with van der Waals surface area (Å²) in [7, 11) is -3.30. The van der Waals surface area contributed by atoms with E-state index in [0.717, 1.165) is 23.7 Å². The first-order valence-electron chi connectivity index (χ1n) is 7.82. The molecular formula is C17H15ClN4O2S. The molecule has 8 heteroatoms. The molecule has 6 nitrogen and oxygen atoms in total. The first-order valence-corrected chi connectivity index (χ1v) is 9.75. The van der Waals surface area contributed by atoms with E-state index in [1.807, 2.05) is 30.3 Å². The molecule has 0 aliphatic heterocycles. The van der Waals surface area contributed by atoms with Gasteiger partial charge in [-0.25, -0.2) is 13.4 Å². The minimum atomic E-state index is -3.30. The van der Waals surface area contributed by atoms with Gasteiger partial charge in [-0.2, -0.15) is 4.98 Å². The monoisotopic (exact) mass is 374 g/mol. The van der Waals surface area contributed by atoms with Crippen LogP contribution < -0.4 is 10.0 Å². The topological polar surface area (TPSA) is 84.0 Å². The molecule has 1 aromatic heterocycles. The quantitative estimate of drug-likeness (QED) is 0.661. The van der Waals surface area contributed by atoms with Crippen LogP contribution in [0, 0.1) is 0 Å². The summed E-state index contributed by atoms with van der Waals surface area (Å²) in [5.74, 6) is 0.567. The van der Waals surface area contributed by atoms with Crippen molar-refractivity contribution in [3.63, 3.8) is 0 Å². The van der Waals surface area contributed by atoms with Gasteiger partial charge in [0.2, 0.25) is 15.3 Å². The number of rotatable bonds is 5. The third-order valence-electron chi connectivity index (χ3n) is 3.92. The average Bonchev–Trinajstić information content (AvgIpc) is 3.40. The Morgan fingerprint density at radius 1 is 1.00 bits per heavy atom. The van der Waals surface area contributed by atoms with Crippen molar-refractivity contribution in [3.05, 3.63) is 53.8 Å². The van der Waals surface area contributed by atoms with Gasteiger partial charge in [0, 0.05) is 11.1 Å². The molecule has 1 heterocycles. The van der Waals surface area contributed by atoms with E-state index in [9.17, 15) is 8.42 Å². The zero-order valence-corrected chi connectivity index (χ0v) is 14.7. The van der Waals surface area contributed by atoms with Crippen LogP contribution in [0.15, 0.2) is 48.5 Å². The summed E-state index contributed by atoms with van der Waals surface area (Å²) in [5, 5.41) is 3.89. The van der Waals surface area contributed by atoms with E-state index in [1.54, 1.807) is 18.2 Å². The maximum absolute atomic E-state index is 12.1. The molecule has 2 N–H and O–H groups in total. The SMILES string of the molecule is O=S(=O)(Nc1cccc(Nc2nc(Cl)nc3ccccc23)c1)C1CC1. The average molecular weight is 375 g/mol. The zero-order chi connectivity index (χ0) is 17.4. The highest BCUT2D eigenvalue weighted by Gasteiger charge is 2.35. The Bertz CT molecular complexity index is 1050. The van der Waals surface area contributed by atoms with Crippen molar-refractivity contribution >= 4 is 49.7 Å². The Balaban J connectivity index is 1.64. The van der Waals surface area contributed by atoms with E-state index < -0.39 is 10.0 Å². The summed E-state index contributed by atoms with van der Waals surface area (Å²) in [5.41, 5.74) is 1.95. The third-order valence-corrected chi connectivity index (χ3v) is 5.96. The molecule has 0 spiro atoms. The predicted molar refractivity (Wildman–Crippen MR) is 99.8 cm³/mol. The van der Waals surface area contributed by atoms with Gasteiger partial charge >= 0.3 is 0 Å². The van der Waals surface area contributed by atoms with Crippen LogP contribution in [0.25, 0.3) is 10.9 Å². The second-order valence-corrected chi connectivity index (χ2v) is 8.21. The summed E-state index contributed by atoms with van der Waals surface area (Å²) in [6, 6.07) is 14.6. The first kappa shape index (κ1) is 16.1. The van der Waals surface area contributed by atoms with E-state index in [0.29, 0.717) is 17.2 Å². The third kappa shape index (κ3) is 3.52. The van der Waals surface area contributed by atoms with Crippen molar-refractivity contribution in [1.29, 1.82) is 0 Å². The normalized spacial score (nSPS) is 14.4. The molecule has 0 radical (unpaired) electrons. The largest absolute Gasteiger partial charge is 0.340 e. The molecule has 0 unspecified atom stereocenters. The molecule has 0 atom stereocenters. The Kier molecular flexibility index (Phi) is 3.97. The number of aromatic nitrogens is 2. The van der Waals surface area contributed by atoms with E-state index in [4.69, 9.17) is 11.6 Å². The second kappa shape index (κ2) is 6.16. The highest BCUT2D eigenvalue weighted by atomic mass is 35.5. The number of nitrogens with one attached hydrogen (secondary N) is 2. The number of halogens is 1. The van der Waals surface area contributed by atoms with E-state index >= 15 is 0 Å². The predicted octanol–water partition coefficient (Wildman–Crippen LogP) is 3.93. The van der Waals surface area contributed by atoms with Gasteiger partial charge in [0.05, 0.1) is 16.5 Å². The van der Waals surface area contributed by atoms with Crippen LogP contribution in [0.1, 0.15) is 12.8 Å². The molecule has 0 bridgehead atoms. The molecule has 1 aliphatic rings. The van der Waals surface area contributed by atoms with E-state index in [-0.39, 0.29) is 10.5 Å². The van der Waals surface area contributed by atoms with Crippen LogP contribution in [0.3, 0.4) is 0 Å². The van der Waals surface area contributed by atoms with E-state index in [2.05, 4.69) is 20.0 Å². The van der Waals surface area contributed by atoms with Crippen LogP contribution in [-0.4, -0.2) is 23.6 Å². The molecule has 1 fully saturated rings. The lowest BCUT2D eigenvalue weighted by Crippen LogP contribution is -2.17. The lowest BCUT2D eigenvalue weighted by Gasteiger charge is -2.11. The van der Waals surface area contributed by atoms with Gasteiger partial charge in [-0.3, -0.25) is 4.72 Å². The number of hydrogen-bond donors (Lipinski definition) is 2. The molecule has 1 aliphatic carbocycles. The maximum atomic E-state index is 12.1. The second-order valence-electron chi connectivity index (χ2n) is 5.91. The minimum absolute atomic E-state index is 0.145. The number of benzene rings is 2. The number of anilines is 3. The fourth-order valence-corrected chi connectivity index (χ4v) is 4.12. The number of hydrogen-bond acceptors (Lipinski definition) is 5. The highest BCUT2D eigenvalue weighted by Crippen LogP contribution is 2.31. The molecule has 1 saturated carbocycles. The summed E-state index contributed by atoms with van der Waals surface area (Å²) in [6.45, 7) is 0. The Morgan fingerprint density at radius 2 is 1.76 bits per heavy atom. The van der Waals surface area contributed by atoms with Crippen LogP contribution >= 0.6 is 11.6 Å². The number of fused-ring (bicyclic) bond motifs is 1. The summed E-state index contributed by atoms with van der Waals surface area (Å²) >= 11 is 6.00. The number of sulfonamides is 1. The summed E-state index contributed by atoms with van der Waals surface area (Å²) in [4.78, 5) is 8.44. The lowest BCUT2D eigenvalue weighted by molar-refractivity contribution is 0.600.